The molecule has 136 valence electrons. The first kappa shape index (κ1) is 18.8. The van der Waals surface area contributed by atoms with Crippen LogP contribution in [0.2, 0.25) is 0 Å². The van der Waals surface area contributed by atoms with E-state index < -0.39 is 44.9 Å². The Morgan fingerprint density at radius 1 is 0.962 bits per heavy atom. The third-order valence-electron chi connectivity index (χ3n) is 3.32. The van der Waals surface area contributed by atoms with Crippen molar-refractivity contribution in [3.63, 3.8) is 0 Å². The lowest BCUT2D eigenvalue weighted by molar-refractivity contribution is -0.394. The van der Waals surface area contributed by atoms with E-state index in [1.54, 1.807) is 5.32 Å². The number of benzene rings is 2. The summed E-state index contributed by atoms with van der Waals surface area (Å²) in [6, 6.07) is 6.04. The van der Waals surface area contributed by atoms with E-state index in [0.717, 1.165) is 12.1 Å². The van der Waals surface area contributed by atoms with Crippen molar-refractivity contribution in [1.29, 1.82) is 0 Å². The van der Waals surface area contributed by atoms with E-state index >= 15 is 0 Å². The fourth-order valence-electron chi connectivity index (χ4n) is 2.15. The van der Waals surface area contributed by atoms with Crippen LogP contribution in [0.3, 0.4) is 0 Å². The Balaban J connectivity index is 2.41. The highest BCUT2D eigenvalue weighted by atomic mass is 19.4. The molecule has 0 fully saturated rings. The number of hydrogen-bond donors (Lipinski definition) is 1. The molecule has 0 aliphatic rings. The minimum Gasteiger partial charge on any atom is -0.337 e. The number of halogens is 3. The van der Waals surface area contributed by atoms with Gasteiger partial charge in [-0.15, -0.1) is 0 Å². The highest BCUT2D eigenvalue weighted by molar-refractivity contribution is 5.95. The fraction of sp³-hybridized carbons (Fsp3) is 0.133. The smallest absolute Gasteiger partial charge is 0.337 e. The van der Waals surface area contributed by atoms with Gasteiger partial charge in [0.1, 0.15) is 0 Å². The van der Waals surface area contributed by atoms with Gasteiger partial charge in [-0.1, -0.05) is 30.3 Å². The molecule has 8 nitrogen and oxygen atoms in total. The maximum atomic E-state index is 13.3. The molecule has 0 aliphatic heterocycles. The highest BCUT2D eigenvalue weighted by Gasteiger charge is 2.42. The van der Waals surface area contributed by atoms with Gasteiger partial charge < -0.3 is 5.32 Å². The van der Waals surface area contributed by atoms with Gasteiger partial charge in [0.05, 0.1) is 21.5 Å². The van der Waals surface area contributed by atoms with Gasteiger partial charge in [0.25, 0.3) is 17.3 Å². The first-order valence-corrected chi connectivity index (χ1v) is 6.96. The zero-order chi connectivity index (χ0) is 19.5. The van der Waals surface area contributed by atoms with Gasteiger partial charge >= 0.3 is 6.18 Å². The van der Waals surface area contributed by atoms with Gasteiger partial charge in [-0.2, -0.15) is 13.2 Å². The Morgan fingerprint density at radius 2 is 1.46 bits per heavy atom. The number of nitrogens with one attached hydrogen (secondary N) is 1. The normalized spacial score (nSPS) is 12.3. The van der Waals surface area contributed by atoms with E-state index in [-0.39, 0.29) is 5.56 Å². The molecular weight excluding hydrogens is 359 g/mol. The zero-order valence-corrected chi connectivity index (χ0v) is 12.8. The van der Waals surface area contributed by atoms with Crippen molar-refractivity contribution in [1.82, 2.24) is 5.32 Å². The highest BCUT2D eigenvalue weighted by Crippen LogP contribution is 2.33. The monoisotopic (exact) mass is 369 g/mol. The molecule has 0 heterocycles. The third-order valence-corrected chi connectivity index (χ3v) is 3.32. The van der Waals surface area contributed by atoms with Crippen LogP contribution in [0.25, 0.3) is 0 Å². The van der Waals surface area contributed by atoms with E-state index in [2.05, 4.69) is 0 Å². The van der Waals surface area contributed by atoms with Crippen LogP contribution in [0.1, 0.15) is 22.0 Å². The molecule has 0 bridgehead atoms. The van der Waals surface area contributed by atoms with E-state index in [0.29, 0.717) is 18.2 Å². The molecule has 0 saturated carbocycles. The SMILES string of the molecule is O=C(N[C@@H](c1ccccc1)C(F)(F)F)c1cc([N+](=O)[O-])cc([N+](=O)[O-])c1. The standard InChI is InChI=1S/C15H10F3N3O5/c16-15(17,18)13(9-4-2-1-3-5-9)19-14(22)10-6-11(20(23)24)8-12(7-10)21(25)26/h1-8,13H,(H,19,22)/t13-/m0/s1. The van der Waals surface area contributed by atoms with Crippen molar-refractivity contribution in [3.8, 4) is 0 Å². The topological polar surface area (TPSA) is 115 Å². The Kier molecular flexibility index (Phi) is 5.19. The number of nitro benzene ring substituents is 2. The second kappa shape index (κ2) is 7.17. The van der Waals surface area contributed by atoms with Crippen LogP contribution in [0.5, 0.6) is 0 Å². The van der Waals surface area contributed by atoms with Crippen LogP contribution in [0.4, 0.5) is 24.5 Å². The second-order valence-corrected chi connectivity index (χ2v) is 5.11. The van der Waals surface area contributed by atoms with Crippen LogP contribution >= 0.6 is 0 Å². The minimum atomic E-state index is -4.84. The zero-order valence-electron chi connectivity index (χ0n) is 12.8. The minimum absolute atomic E-state index is 0.256. The number of alkyl halides is 3. The third kappa shape index (κ3) is 4.32. The summed E-state index contributed by atoms with van der Waals surface area (Å²) < 4.78 is 39.8. The molecule has 0 aliphatic carbocycles. The molecule has 1 amide bonds. The number of nitrogens with zero attached hydrogens (tertiary/aromatic N) is 2. The first-order chi connectivity index (χ1) is 12.1. The van der Waals surface area contributed by atoms with Gasteiger partial charge in [0, 0.05) is 12.1 Å². The van der Waals surface area contributed by atoms with Gasteiger partial charge in [0.15, 0.2) is 6.04 Å². The van der Waals surface area contributed by atoms with Gasteiger partial charge in [-0.05, 0) is 5.56 Å². The molecule has 2 aromatic rings. The number of nitro groups is 2. The number of amides is 1. The summed E-state index contributed by atoms with van der Waals surface area (Å²) in [6.45, 7) is 0. The van der Waals surface area contributed by atoms with Crippen LogP contribution in [-0.4, -0.2) is 21.9 Å². The molecule has 11 heteroatoms. The quantitative estimate of drug-likeness (QED) is 0.639. The maximum Gasteiger partial charge on any atom is 0.412 e. The average molecular weight is 369 g/mol. The van der Waals surface area contributed by atoms with E-state index in [9.17, 15) is 38.2 Å². The summed E-state index contributed by atoms with van der Waals surface area (Å²) in [7, 11) is 0. The lowest BCUT2D eigenvalue weighted by Gasteiger charge is -2.22. The molecular formula is C15H10F3N3O5. The van der Waals surface area contributed by atoms with Crippen molar-refractivity contribution in [2.24, 2.45) is 0 Å². The van der Waals surface area contributed by atoms with Crippen molar-refractivity contribution in [3.05, 3.63) is 79.9 Å². The van der Waals surface area contributed by atoms with Crippen LogP contribution < -0.4 is 5.32 Å². The van der Waals surface area contributed by atoms with E-state index in [1.807, 2.05) is 0 Å². The molecule has 0 radical (unpaired) electrons. The number of non-ortho nitro benzene ring substituents is 2. The van der Waals surface area contributed by atoms with Crippen molar-refractivity contribution in [2.75, 3.05) is 0 Å². The Morgan fingerprint density at radius 3 is 1.88 bits per heavy atom. The number of hydrogen-bond acceptors (Lipinski definition) is 5. The molecule has 0 unspecified atom stereocenters. The van der Waals surface area contributed by atoms with Crippen molar-refractivity contribution >= 4 is 17.3 Å². The van der Waals surface area contributed by atoms with Gasteiger partial charge in [-0.25, -0.2) is 0 Å². The lowest BCUT2D eigenvalue weighted by atomic mass is 10.1. The molecule has 26 heavy (non-hydrogen) atoms. The lowest BCUT2D eigenvalue weighted by Crippen LogP contribution is -2.38. The van der Waals surface area contributed by atoms with Gasteiger partial charge in [0.2, 0.25) is 0 Å². The number of carbonyl (C=O) groups is 1. The van der Waals surface area contributed by atoms with Crippen LogP contribution in [0, 0.1) is 20.2 Å². The Bertz CT molecular complexity index is 823. The fourth-order valence-corrected chi connectivity index (χ4v) is 2.15. The number of carbonyl (C=O) groups excluding carboxylic acids is 1. The predicted molar refractivity (Wildman–Crippen MR) is 82.5 cm³/mol. The summed E-state index contributed by atoms with van der Waals surface area (Å²) in [6.07, 6.45) is -4.84. The summed E-state index contributed by atoms with van der Waals surface area (Å²) in [5.41, 5.74) is -2.45. The van der Waals surface area contributed by atoms with Crippen LogP contribution in [0.15, 0.2) is 48.5 Å². The molecule has 1 atom stereocenters. The summed E-state index contributed by atoms with van der Waals surface area (Å²) >= 11 is 0. The summed E-state index contributed by atoms with van der Waals surface area (Å²) in [4.78, 5) is 31.9. The molecule has 2 aromatic carbocycles. The van der Waals surface area contributed by atoms with Gasteiger partial charge in [-0.3, -0.25) is 25.0 Å². The van der Waals surface area contributed by atoms with Crippen molar-refractivity contribution < 1.29 is 27.8 Å². The summed E-state index contributed by atoms with van der Waals surface area (Å²) in [5, 5.41) is 23.4. The number of rotatable bonds is 5. The summed E-state index contributed by atoms with van der Waals surface area (Å²) in [5.74, 6) is -1.33. The largest absolute Gasteiger partial charge is 0.412 e. The Labute approximate surface area is 143 Å². The van der Waals surface area contributed by atoms with E-state index in [4.69, 9.17) is 0 Å². The molecule has 0 aromatic heterocycles. The van der Waals surface area contributed by atoms with E-state index in [1.165, 1.54) is 18.2 Å². The van der Waals surface area contributed by atoms with Crippen LogP contribution in [-0.2, 0) is 0 Å². The maximum absolute atomic E-state index is 13.3. The molecule has 1 N–H and O–H groups in total. The molecule has 0 saturated heterocycles. The van der Waals surface area contributed by atoms with Crippen molar-refractivity contribution in [2.45, 2.75) is 12.2 Å². The molecule has 0 spiro atoms. The second-order valence-electron chi connectivity index (χ2n) is 5.11. The average Bonchev–Trinajstić information content (AvgIpc) is 2.58. The molecule has 2 rings (SSSR count). The Hall–Kier alpha value is -3.50. The predicted octanol–water partition coefficient (Wildman–Crippen LogP) is 3.54. The first-order valence-electron chi connectivity index (χ1n) is 6.96.